The quantitative estimate of drug-likeness (QED) is 0.897. The van der Waals surface area contributed by atoms with Crippen molar-refractivity contribution < 1.29 is 13.9 Å². The Morgan fingerprint density at radius 1 is 1.48 bits per heavy atom. The molecule has 23 heavy (non-hydrogen) atoms. The summed E-state index contributed by atoms with van der Waals surface area (Å²) in [7, 11) is 1.44. The van der Waals surface area contributed by atoms with Gasteiger partial charge in [0.05, 0.1) is 18.6 Å². The van der Waals surface area contributed by atoms with Crippen molar-refractivity contribution in [3.05, 3.63) is 29.6 Å². The molecule has 3 rings (SSSR count). The maximum atomic E-state index is 13.9. The first-order valence-corrected chi connectivity index (χ1v) is 8.42. The van der Waals surface area contributed by atoms with Crippen molar-refractivity contribution in [1.29, 1.82) is 0 Å². The Bertz CT molecular complexity index is 592. The van der Waals surface area contributed by atoms with Crippen LogP contribution < -0.4 is 15.4 Å². The molecular formula is C18H25FN2O2. The highest BCUT2D eigenvalue weighted by molar-refractivity contribution is 5.84. The molecule has 0 spiro atoms. The first-order valence-electron chi connectivity index (χ1n) is 8.42. The van der Waals surface area contributed by atoms with Crippen LogP contribution in [0.1, 0.15) is 44.2 Å². The van der Waals surface area contributed by atoms with Crippen molar-refractivity contribution >= 4 is 5.91 Å². The summed E-state index contributed by atoms with van der Waals surface area (Å²) in [5.74, 6) is 0.354. The molecule has 2 N–H and O–H groups in total. The van der Waals surface area contributed by atoms with Gasteiger partial charge in [-0.1, -0.05) is 18.9 Å². The van der Waals surface area contributed by atoms with Gasteiger partial charge >= 0.3 is 0 Å². The Balaban J connectivity index is 1.73. The molecule has 1 aliphatic carbocycles. The Morgan fingerprint density at radius 2 is 2.30 bits per heavy atom. The first-order chi connectivity index (χ1) is 11.1. The number of halogens is 1. The molecule has 2 aliphatic rings. The lowest BCUT2D eigenvalue weighted by Gasteiger charge is -2.38. The summed E-state index contributed by atoms with van der Waals surface area (Å²) in [4.78, 5) is 12.9. The number of amides is 1. The van der Waals surface area contributed by atoms with E-state index in [9.17, 15) is 9.18 Å². The number of methoxy groups -OCH3 is 1. The minimum absolute atomic E-state index is 0.107. The molecule has 1 aliphatic heterocycles. The van der Waals surface area contributed by atoms with E-state index in [-0.39, 0.29) is 23.1 Å². The molecule has 0 bridgehead atoms. The second kappa shape index (κ2) is 6.48. The van der Waals surface area contributed by atoms with Crippen molar-refractivity contribution in [3.63, 3.8) is 0 Å². The summed E-state index contributed by atoms with van der Waals surface area (Å²) >= 11 is 0. The Kier molecular flexibility index (Phi) is 4.57. The van der Waals surface area contributed by atoms with Gasteiger partial charge in [0, 0.05) is 6.54 Å². The molecule has 5 heteroatoms. The van der Waals surface area contributed by atoms with Gasteiger partial charge in [0.1, 0.15) is 0 Å². The molecule has 4 nitrogen and oxygen atoms in total. The molecule has 126 valence electrons. The minimum atomic E-state index is -0.401. The molecular weight excluding hydrogens is 295 g/mol. The second-order valence-corrected chi connectivity index (χ2v) is 6.82. The standard InChI is InChI=1S/C18H25FN2O2/c1-12(13-6-7-16(23-2)15(19)9-13)21-17(22)18-8-4-3-5-14(18)10-20-11-18/h6-7,9,12,14,20H,3-5,8,10-11H2,1-2H3,(H,21,22)/t12?,14-,18+/m0/s1. The highest BCUT2D eigenvalue weighted by atomic mass is 19.1. The molecule has 0 radical (unpaired) electrons. The maximum absolute atomic E-state index is 13.9. The van der Waals surface area contributed by atoms with Crippen LogP contribution in [-0.4, -0.2) is 26.1 Å². The average Bonchev–Trinajstić information content (AvgIpc) is 3.00. The molecule has 1 amide bonds. The predicted molar refractivity (Wildman–Crippen MR) is 86.8 cm³/mol. The van der Waals surface area contributed by atoms with E-state index in [4.69, 9.17) is 4.74 Å². The third-order valence-electron chi connectivity index (χ3n) is 5.51. The summed E-state index contributed by atoms with van der Waals surface area (Å²) < 4.78 is 18.8. The normalized spacial score (nSPS) is 28.0. The topological polar surface area (TPSA) is 50.4 Å². The van der Waals surface area contributed by atoms with Gasteiger partial charge in [0.25, 0.3) is 0 Å². The minimum Gasteiger partial charge on any atom is -0.494 e. The van der Waals surface area contributed by atoms with E-state index in [2.05, 4.69) is 10.6 Å². The van der Waals surface area contributed by atoms with Crippen LogP contribution in [0.4, 0.5) is 4.39 Å². The lowest BCUT2D eigenvalue weighted by atomic mass is 9.67. The van der Waals surface area contributed by atoms with Crippen LogP contribution in [0.5, 0.6) is 5.75 Å². The molecule has 1 unspecified atom stereocenters. The van der Waals surface area contributed by atoms with Gasteiger partial charge < -0.3 is 15.4 Å². The Morgan fingerprint density at radius 3 is 3.04 bits per heavy atom. The smallest absolute Gasteiger partial charge is 0.228 e. The zero-order valence-corrected chi connectivity index (χ0v) is 13.8. The summed E-state index contributed by atoms with van der Waals surface area (Å²) in [6, 6.07) is 4.62. The maximum Gasteiger partial charge on any atom is 0.228 e. The van der Waals surface area contributed by atoms with Crippen molar-refractivity contribution in [2.75, 3.05) is 20.2 Å². The van der Waals surface area contributed by atoms with E-state index in [0.717, 1.165) is 37.9 Å². The van der Waals surface area contributed by atoms with Gasteiger partial charge in [-0.2, -0.15) is 0 Å². The van der Waals surface area contributed by atoms with Crippen LogP contribution in [0.15, 0.2) is 18.2 Å². The zero-order valence-electron chi connectivity index (χ0n) is 13.8. The number of ether oxygens (including phenoxy) is 1. The Labute approximate surface area is 136 Å². The van der Waals surface area contributed by atoms with Crippen molar-refractivity contribution in [2.24, 2.45) is 11.3 Å². The van der Waals surface area contributed by atoms with Crippen molar-refractivity contribution in [3.8, 4) is 5.75 Å². The third-order valence-corrected chi connectivity index (χ3v) is 5.51. The van der Waals surface area contributed by atoms with Gasteiger partial charge in [0.2, 0.25) is 5.91 Å². The van der Waals surface area contributed by atoms with Crippen LogP contribution in [0.25, 0.3) is 0 Å². The average molecular weight is 320 g/mol. The monoisotopic (exact) mass is 320 g/mol. The van der Waals surface area contributed by atoms with E-state index >= 15 is 0 Å². The lowest BCUT2D eigenvalue weighted by molar-refractivity contribution is -0.134. The molecule has 2 fully saturated rings. The van der Waals surface area contributed by atoms with Gasteiger partial charge in [-0.05, 0) is 49.9 Å². The fraction of sp³-hybridized carbons (Fsp3) is 0.611. The van der Waals surface area contributed by atoms with Crippen LogP contribution in [0, 0.1) is 17.2 Å². The lowest BCUT2D eigenvalue weighted by Crippen LogP contribution is -2.48. The number of hydrogen-bond acceptors (Lipinski definition) is 3. The number of fused-ring (bicyclic) bond motifs is 1. The summed E-state index contributed by atoms with van der Waals surface area (Å²) in [6.07, 6.45) is 4.38. The van der Waals surface area contributed by atoms with Crippen LogP contribution in [-0.2, 0) is 4.79 Å². The van der Waals surface area contributed by atoms with Crippen LogP contribution >= 0.6 is 0 Å². The highest BCUT2D eigenvalue weighted by Crippen LogP contribution is 2.44. The third kappa shape index (κ3) is 2.94. The van der Waals surface area contributed by atoms with E-state index in [1.807, 2.05) is 6.92 Å². The van der Waals surface area contributed by atoms with Gasteiger partial charge in [0.15, 0.2) is 11.6 Å². The summed E-state index contributed by atoms with van der Waals surface area (Å²) in [5, 5.41) is 6.49. The largest absolute Gasteiger partial charge is 0.494 e. The zero-order chi connectivity index (χ0) is 16.4. The van der Waals surface area contributed by atoms with Gasteiger partial charge in [-0.25, -0.2) is 4.39 Å². The molecule has 1 heterocycles. The fourth-order valence-electron chi connectivity index (χ4n) is 4.07. The fourth-order valence-corrected chi connectivity index (χ4v) is 4.07. The number of benzene rings is 1. The van der Waals surface area contributed by atoms with Crippen molar-refractivity contribution in [2.45, 2.75) is 38.6 Å². The van der Waals surface area contributed by atoms with E-state index in [0.29, 0.717) is 5.92 Å². The number of carbonyl (C=O) groups is 1. The number of carbonyl (C=O) groups excluding carboxylic acids is 1. The number of hydrogen-bond donors (Lipinski definition) is 2. The molecule has 1 saturated heterocycles. The summed E-state index contributed by atoms with van der Waals surface area (Å²) in [6.45, 7) is 3.59. The van der Waals surface area contributed by atoms with Gasteiger partial charge in [-0.3, -0.25) is 4.79 Å². The molecule has 0 aromatic heterocycles. The van der Waals surface area contributed by atoms with Gasteiger partial charge in [-0.15, -0.1) is 0 Å². The van der Waals surface area contributed by atoms with E-state index < -0.39 is 5.82 Å². The molecule has 1 aromatic rings. The summed E-state index contributed by atoms with van der Waals surface area (Å²) in [5.41, 5.74) is 0.476. The molecule has 3 atom stereocenters. The van der Waals surface area contributed by atoms with Crippen LogP contribution in [0.2, 0.25) is 0 Å². The Hall–Kier alpha value is -1.62. The second-order valence-electron chi connectivity index (χ2n) is 6.82. The first kappa shape index (κ1) is 16.2. The SMILES string of the molecule is COc1ccc(C(C)NC(=O)[C@@]23CCCC[C@H]2CNC3)cc1F. The highest BCUT2D eigenvalue weighted by Gasteiger charge is 2.49. The van der Waals surface area contributed by atoms with E-state index in [1.54, 1.807) is 12.1 Å². The van der Waals surface area contributed by atoms with Crippen LogP contribution in [0.3, 0.4) is 0 Å². The predicted octanol–water partition coefficient (Wildman–Crippen LogP) is 2.79. The molecule has 1 aromatic carbocycles. The number of rotatable bonds is 4. The van der Waals surface area contributed by atoms with Crippen molar-refractivity contribution in [1.82, 2.24) is 10.6 Å². The van der Waals surface area contributed by atoms with E-state index in [1.165, 1.54) is 19.6 Å². The molecule has 1 saturated carbocycles. The number of nitrogens with one attached hydrogen (secondary N) is 2.